The molecule has 0 saturated carbocycles. The third-order valence-corrected chi connectivity index (χ3v) is 4.49. The number of esters is 1. The Morgan fingerprint density at radius 3 is 2.00 bits per heavy atom. The Hall–Kier alpha value is -1.35. The number of rotatable bonds is 13. The number of para-hydroxylation sites is 1. The number of benzene rings is 1. The van der Waals surface area contributed by atoms with Crippen LogP contribution < -0.4 is 4.48 Å². The number of ether oxygens (including phenoxy) is 1. The maximum Gasteiger partial charge on any atom is 0.310 e. The lowest BCUT2D eigenvalue weighted by molar-refractivity contribution is -0.147. The van der Waals surface area contributed by atoms with Crippen LogP contribution in [0.3, 0.4) is 0 Å². The minimum atomic E-state index is -0.0694. The van der Waals surface area contributed by atoms with Crippen LogP contribution in [0.15, 0.2) is 30.3 Å². The van der Waals surface area contributed by atoms with Crippen LogP contribution in [0.4, 0.5) is 5.69 Å². The molecule has 0 heterocycles. The first-order valence-corrected chi connectivity index (χ1v) is 9.60. The van der Waals surface area contributed by atoms with E-state index in [1.165, 1.54) is 44.9 Å². The predicted octanol–water partition coefficient (Wildman–Crippen LogP) is 5.68. The lowest BCUT2D eigenvalue weighted by atomic mass is 10.1. The Kier molecular flexibility index (Phi) is 10.4. The van der Waals surface area contributed by atoms with E-state index in [1.54, 1.807) is 0 Å². The Morgan fingerprint density at radius 2 is 1.42 bits per heavy atom. The van der Waals surface area contributed by atoms with Gasteiger partial charge in [0.1, 0.15) is 5.69 Å². The largest absolute Gasteiger partial charge is 0.415 e. The molecule has 1 rings (SSSR count). The number of hydrogen-bond donors (Lipinski definition) is 0. The van der Waals surface area contributed by atoms with E-state index >= 15 is 0 Å². The van der Waals surface area contributed by atoms with Gasteiger partial charge in [-0.15, -0.1) is 0 Å². The average Bonchev–Trinajstić information content (AvgIpc) is 2.59. The first kappa shape index (κ1) is 20.7. The SMILES string of the molecule is CCCCCCCCCCCC(=O)OC[N+](C)(C)c1ccccc1. The molecule has 3 nitrogen and oxygen atoms in total. The molecule has 0 aromatic heterocycles. The van der Waals surface area contributed by atoms with E-state index in [2.05, 4.69) is 33.2 Å². The van der Waals surface area contributed by atoms with Crippen LogP contribution in [0.5, 0.6) is 0 Å². The highest BCUT2D eigenvalue weighted by Gasteiger charge is 2.20. The molecule has 0 aliphatic carbocycles. The van der Waals surface area contributed by atoms with Gasteiger partial charge < -0.3 is 4.74 Å². The summed E-state index contributed by atoms with van der Waals surface area (Å²) in [6.07, 6.45) is 11.9. The van der Waals surface area contributed by atoms with Crippen molar-refractivity contribution < 1.29 is 9.53 Å². The molecule has 1 aromatic carbocycles. The van der Waals surface area contributed by atoms with Crippen LogP contribution in [0, 0.1) is 0 Å². The second-order valence-corrected chi connectivity index (χ2v) is 7.24. The zero-order chi connectivity index (χ0) is 17.7. The first-order valence-electron chi connectivity index (χ1n) is 9.60. The van der Waals surface area contributed by atoms with Gasteiger partial charge in [0.15, 0.2) is 0 Å². The minimum absolute atomic E-state index is 0.0694. The molecule has 0 saturated heterocycles. The van der Waals surface area contributed by atoms with Crippen molar-refractivity contribution in [1.82, 2.24) is 4.48 Å². The highest BCUT2D eigenvalue weighted by Crippen LogP contribution is 2.18. The molecule has 0 unspecified atom stereocenters. The van der Waals surface area contributed by atoms with E-state index in [4.69, 9.17) is 4.74 Å². The van der Waals surface area contributed by atoms with Crippen molar-refractivity contribution in [3.8, 4) is 0 Å². The van der Waals surface area contributed by atoms with Crippen molar-refractivity contribution in [3.05, 3.63) is 30.3 Å². The summed E-state index contributed by atoms with van der Waals surface area (Å²) in [4.78, 5) is 11.9. The quantitative estimate of drug-likeness (QED) is 0.201. The van der Waals surface area contributed by atoms with Gasteiger partial charge in [-0.2, -0.15) is 0 Å². The fourth-order valence-corrected chi connectivity index (χ4v) is 2.79. The third-order valence-electron chi connectivity index (χ3n) is 4.49. The average molecular weight is 335 g/mol. The molecule has 0 aliphatic heterocycles. The van der Waals surface area contributed by atoms with Crippen LogP contribution in [0.1, 0.15) is 71.1 Å². The van der Waals surface area contributed by atoms with Gasteiger partial charge in [0, 0.05) is 6.42 Å². The topological polar surface area (TPSA) is 26.3 Å². The Labute approximate surface area is 148 Å². The normalized spacial score (nSPS) is 11.5. The summed E-state index contributed by atoms with van der Waals surface area (Å²) in [5, 5.41) is 0. The molecule has 0 spiro atoms. The summed E-state index contributed by atoms with van der Waals surface area (Å²) in [6, 6.07) is 10.2. The summed E-state index contributed by atoms with van der Waals surface area (Å²) in [5.41, 5.74) is 1.15. The predicted molar refractivity (Wildman–Crippen MR) is 103 cm³/mol. The van der Waals surface area contributed by atoms with E-state index in [-0.39, 0.29) is 5.97 Å². The van der Waals surface area contributed by atoms with Crippen molar-refractivity contribution in [2.75, 3.05) is 20.8 Å². The van der Waals surface area contributed by atoms with Gasteiger partial charge >= 0.3 is 5.97 Å². The van der Waals surface area contributed by atoms with Gasteiger partial charge in [0.2, 0.25) is 6.73 Å². The van der Waals surface area contributed by atoms with E-state index in [9.17, 15) is 4.79 Å². The van der Waals surface area contributed by atoms with E-state index < -0.39 is 0 Å². The molecule has 0 aliphatic rings. The molecule has 24 heavy (non-hydrogen) atoms. The minimum Gasteiger partial charge on any atom is -0.415 e. The number of nitrogens with zero attached hydrogens (tertiary/aromatic N) is 1. The number of quaternary nitrogens is 1. The van der Waals surface area contributed by atoms with Crippen molar-refractivity contribution in [3.63, 3.8) is 0 Å². The molecule has 0 bridgehead atoms. The van der Waals surface area contributed by atoms with Crippen LogP contribution >= 0.6 is 0 Å². The number of unbranched alkanes of at least 4 members (excludes halogenated alkanes) is 8. The van der Waals surface area contributed by atoms with Crippen LogP contribution in [0.25, 0.3) is 0 Å². The van der Waals surface area contributed by atoms with Crippen LogP contribution in [-0.4, -0.2) is 26.8 Å². The highest BCUT2D eigenvalue weighted by atomic mass is 16.5. The van der Waals surface area contributed by atoms with Gasteiger partial charge in [0.05, 0.1) is 14.1 Å². The lowest BCUT2D eigenvalue weighted by Crippen LogP contribution is -2.43. The standard InChI is InChI=1S/C21H36NO2/c1-4-5-6-7-8-9-10-11-15-18-21(23)24-19-22(2,3)20-16-13-12-14-17-20/h12-14,16-17H,4-11,15,18-19H2,1-3H3/q+1. The molecule has 3 heteroatoms. The van der Waals surface area contributed by atoms with Crippen LogP contribution in [-0.2, 0) is 9.53 Å². The summed E-state index contributed by atoms with van der Waals surface area (Å²) in [6.45, 7) is 2.64. The molecule has 136 valence electrons. The summed E-state index contributed by atoms with van der Waals surface area (Å²) in [7, 11) is 4.11. The summed E-state index contributed by atoms with van der Waals surface area (Å²) < 4.78 is 6.03. The monoisotopic (exact) mass is 334 g/mol. The van der Waals surface area contributed by atoms with Crippen molar-refractivity contribution in [1.29, 1.82) is 0 Å². The Bertz CT molecular complexity index is 442. The maximum atomic E-state index is 11.9. The fraction of sp³-hybridized carbons (Fsp3) is 0.667. The van der Waals surface area contributed by atoms with Gasteiger partial charge in [0.25, 0.3) is 0 Å². The smallest absolute Gasteiger partial charge is 0.310 e. The summed E-state index contributed by atoms with van der Waals surface area (Å²) >= 11 is 0. The maximum absolute atomic E-state index is 11.9. The molecule has 0 N–H and O–H groups in total. The second-order valence-electron chi connectivity index (χ2n) is 7.24. The zero-order valence-corrected chi connectivity index (χ0v) is 15.9. The highest BCUT2D eigenvalue weighted by molar-refractivity contribution is 5.69. The lowest BCUT2D eigenvalue weighted by Gasteiger charge is -2.28. The molecule has 0 atom stereocenters. The number of carbonyl (C=O) groups is 1. The Morgan fingerprint density at radius 1 is 0.875 bits per heavy atom. The van der Waals surface area contributed by atoms with E-state index in [1.807, 2.05) is 18.2 Å². The van der Waals surface area contributed by atoms with E-state index in [0.717, 1.165) is 18.5 Å². The number of carbonyl (C=O) groups excluding carboxylic acids is 1. The second kappa shape index (κ2) is 12.1. The molecule has 0 fully saturated rings. The van der Waals surface area contributed by atoms with Gasteiger partial charge in [-0.1, -0.05) is 76.5 Å². The van der Waals surface area contributed by atoms with Gasteiger partial charge in [-0.3, -0.25) is 9.28 Å². The molecular formula is C21H36NO2+. The molecule has 1 aromatic rings. The van der Waals surface area contributed by atoms with Crippen molar-refractivity contribution in [2.24, 2.45) is 0 Å². The fourth-order valence-electron chi connectivity index (χ4n) is 2.79. The Balaban J connectivity index is 2.06. The summed E-state index contributed by atoms with van der Waals surface area (Å²) in [5.74, 6) is -0.0694. The van der Waals surface area contributed by atoms with Crippen molar-refractivity contribution in [2.45, 2.75) is 71.1 Å². The van der Waals surface area contributed by atoms with E-state index in [0.29, 0.717) is 17.6 Å². The van der Waals surface area contributed by atoms with Crippen LogP contribution in [0.2, 0.25) is 0 Å². The molecule has 0 amide bonds. The molecule has 0 radical (unpaired) electrons. The third kappa shape index (κ3) is 9.07. The van der Waals surface area contributed by atoms with Gasteiger partial charge in [-0.25, -0.2) is 0 Å². The number of hydrogen-bond acceptors (Lipinski definition) is 2. The first-order chi connectivity index (χ1) is 11.6. The van der Waals surface area contributed by atoms with Gasteiger partial charge in [-0.05, 0) is 18.6 Å². The van der Waals surface area contributed by atoms with Crippen molar-refractivity contribution >= 4 is 11.7 Å². The zero-order valence-electron chi connectivity index (χ0n) is 15.9. The molecular weight excluding hydrogens is 298 g/mol.